The SMILES string of the molecule is Cn1ncc2c3ccccc3n(CC(=O)NC3CCN(Cc4ccccc4)CC3)c2c1=O. The lowest BCUT2D eigenvalue weighted by atomic mass is 10.0. The molecule has 1 N–H and O–H groups in total. The number of para-hydroxylation sites is 1. The van der Waals surface area contributed by atoms with Crippen molar-refractivity contribution in [3.05, 3.63) is 76.7 Å². The number of carbonyl (C=O) groups excluding carboxylic acids is 1. The summed E-state index contributed by atoms with van der Waals surface area (Å²) in [6, 6.07) is 18.4. The van der Waals surface area contributed by atoms with Crippen LogP contribution in [0.15, 0.2) is 65.6 Å². The molecule has 2 aromatic heterocycles. The lowest BCUT2D eigenvalue weighted by Gasteiger charge is -2.32. The molecule has 0 spiro atoms. The Hall–Kier alpha value is -3.45. The smallest absolute Gasteiger partial charge is 0.291 e. The summed E-state index contributed by atoms with van der Waals surface area (Å²) in [6.07, 6.45) is 3.56. The van der Waals surface area contributed by atoms with E-state index in [9.17, 15) is 9.59 Å². The number of aromatic nitrogens is 3. The molecule has 1 saturated heterocycles. The second-order valence-corrected chi connectivity index (χ2v) is 8.54. The van der Waals surface area contributed by atoms with Crippen molar-refractivity contribution in [3.63, 3.8) is 0 Å². The fourth-order valence-corrected chi connectivity index (χ4v) is 4.70. The van der Waals surface area contributed by atoms with Crippen LogP contribution in [0.4, 0.5) is 0 Å². The first-order valence-electron chi connectivity index (χ1n) is 11.1. The molecule has 164 valence electrons. The van der Waals surface area contributed by atoms with Crippen molar-refractivity contribution in [1.29, 1.82) is 0 Å². The molecule has 7 heteroatoms. The van der Waals surface area contributed by atoms with E-state index in [0.717, 1.165) is 48.8 Å². The molecule has 0 radical (unpaired) electrons. The number of likely N-dealkylation sites (tertiary alicyclic amines) is 1. The van der Waals surface area contributed by atoms with Gasteiger partial charge >= 0.3 is 0 Å². The average Bonchev–Trinajstić information content (AvgIpc) is 3.12. The van der Waals surface area contributed by atoms with Gasteiger partial charge in [0, 0.05) is 49.0 Å². The fraction of sp³-hybridized carbons (Fsp3) is 0.320. The van der Waals surface area contributed by atoms with E-state index in [-0.39, 0.29) is 24.1 Å². The van der Waals surface area contributed by atoms with Crippen LogP contribution in [0.2, 0.25) is 0 Å². The maximum Gasteiger partial charge on any atom is 0.291 e. The van der Waals surface area contributed by atoms with E-state index in [1.807, 2.05) is 34.9 Å². The van der Waals surface area contributed by atoms with Crippen LogP contribution >= 0.6 is 0 Å². The third kappa shape index (κ3) is 3.91. The predicted molar refractivity (Wildman–Crippen MR) is 125 cm³/mol. The number of hydrogen-bond acceptors (Lipinski definition) is 4. The molecule has 0 atom stereocenters. The number of nitrogens with one attached hydrogen (secondary N) is 1. The zero-order valence-corrected chi connectivity index (χ0v) is 18.2. The number of rotatable bonds is 5. The summed E-state index contributed by atoms with van der Waals surface area (Å²) in [4.78, 5) is 28.2. The highest BCUT2D eigenvalue weighted by molar-refractivity contribution is 6.07. The van der Waals surface area contributed by atoms with Crippen molar-refractivity contribution in [3.8, 4) is 0 Å². The number of piperidine rings is 1. The maximum absolute atomic E-state index is 13.0. The highest BCUT2D eigenvalue weighted by Gasteiger charge is 2.22. The summed E-state index contributed by atoms with van der Waals surface area (Å²) in [6.45, 7) is 2.98. The van der Waals surface area contributed by atoms with Gasteiger partial charge in [0.05, 0.1) is 6.20 Å². The van der Waals surface area contributed by atoms with Crippen molar-refractivity contribution in [2.24, 2.45) is 7.05 Å². The van der Waals surface area contributed by atoms with Gasteiger partial charge in [-0.3, -0.25) is 14.5 Å². The normalized spacial score (nSPS) is 15.4. The molecule has 1 amide bonds. The molecule has 1 aliphatic heterocycles. The number of hydrogen-bond donors (Lipinski definition) is 1. The first-order valence-corrected chi connectivity index (χ1v) is 11.1. The van der Waals surface area contributed by atoms with Crippen molar-refractivity contribution in [1.82, 2.24) is 24.6 Å². The Kier molecular flexibility index (Phi) is 5.49. The van der Waals surface area contributed by atoms with E-state index >= 15 is 0 Å². The molecular weight excluding hydrogens is 402 g/mol. The lowest BCUT2D eigenvalue weighted by Crippen LogP contribution is -2.45. The van der Waals surface area contributed by atoms with Gasteiger partial charge in [-0.05, 0) is 24.5 Å². The predicted octanol–water partition coefficient (Wildman–Crippen LogP) is 2.67. The van der Waals surface area contributed by atoms with Crippen molar-refractivity contribution >= 4 is 27.7 Å². The van der Waals surface area contributed by atoms with Gasteiger partial charge < -0.3 is 9.88 Å². The Labute approximate surface area is 186 Å². The van der Waals surface area contributed by atoms with Gasteiger partial charge in [0.15, 0.2) is 0 Å². The number of fused-ring (bicyclic) bond motifs is 3. The van der Waals surface area contributed by atoms with Gasteiger partial charge in [0.2, 0.25) is 5.91 Å². The summed E-state index contributed by atoms with van der Waals surface area (Å²) in [5.41, 5.74) is 2.52. The number of carbonyl (C=O) groups is 1. The van der Waals surface area contributed by atoms with Gasteiger partial charge in [-0.1, -0.05) is 48.5 Å². The average molecular weight is 430 g/mol. The van der Waals surface area contributed by atoms with E-state index in [0.29, 0.717) is 5.52 Å². The van der Waals surface area contributed by atoms with Gasteiger partial charge in [0.1, 0.15) is 12.1 Å². The summed E-state index contributed by atoms with van der Waals surface area (Å²) < 4.78 is 3.15. The van der Waals surface area contributed by atoms with Crippen LogP contribution < -0.4 is 10.9 Å². The zero-order chi connectivity index (χ0) is 22.1. The van der Waals surface area contributed by atoms with Crippen LogP contribution in [0.1, 0.15) is 18.4 Å². The molecule has 3 heterocycles. The van der Waals surface area contributed by atoms with E-state index in [1.54, 1.807) is 13.2 Å². The zero-order valence-electron chi connectivity index (χ0n) is 18.2. The lowest BCUT2D eigenvalue weighted by molar-refractivity contribution is -0.122. The second kappa shape index (κ2) is 8.59. The Balaban J connectivity index is 1.29. The number of amides is 1. The third-order valence-electron chi connectivity index (χ3n) is 6.37. The molecule has 32 heavy (non-hydrogen) atoms. The minimum absolute atomic E-state index is 0.0620. The standard InChI is InChI=1S/C25H27N5O2/c1-28-25(32)24-21(15-26-28)20-9-5-6-10-22(20)30(24)17-23(31)27-19-11-13-29(14-12-19)16-18-7-3-2-4-8-18/h2-10,15,19H,11-14,16-17H2,1H3,(H,27,31). The van der Waals surface area contributed by atoms with Gasteiger partial charge in [-0.15, -0.1) is 0 Å². The maximum atomic E-state index is 13.0. The van der Waals surface area contributed by atoms with Crippen molar-refractivity contribution < 1.29 is 4.79 Å². The first kappa shape index (κ1) is 20.5. The van der Waals surface area contributed by atoms with Crippen LogP contribution in [0.25, 0.3) is 21.8 Å². The first-order chi connectivity index (χ1) is 15.6. The highest BCUT2D eigenvalue weighted by Crippen LogP contribution is 2.26. The van der Waals surface area contributed by atoms with E-state index in [1.165, 1.54) is 10.2 Å². The van der Waals surface area contributed by atoms with E-state index < -0.39 is 0 Å². The third-order valence-corrected chi connectivity index (χ3v) is 6.37. The largest absolute Gasteiger partial charge is 0.352 e. The molecule has 2 aromatic carbocycles. The monoisotopic (exact) mass is 429 g/mol. The minimum atomic E-state index is -0.194. The Morgan fingerprint density at radius 1 is 1.03 bits per heavy atom. The van der Waals surface area contributed by atoms with Crippen molar-refractivity contribution in [2.45, 2.75) is 32.0 Å². The fourth-order valence-electron chi connectivity index (χ4n) is 4.70. The molecule has 7 nitrogen and oxygen atoms in total. The molecule has 0 unspecified atom stereocenters. The molecular formula is C25H27N5O2. The number of nitrogens with zero attached hydrogens (tertiary/aromatic N) is 4. The van der Waals surface area contributed by atoms with Gasteiger partial charge in [-0.25, -0.2) is 4.68 Å². The van der Waals surface area contributed by atoms with Crippen LogP contribution in [0.3, 0.4) is 0 Å². The van der Waals surface area contributed by atoms with Crippen LogP contribution in [0, 0.1) is 0 Å². The van der Waals surface area contributed by atoms with E-state index in [2.05, 4.69) is 39.6 Å². The summed E-state index contributed by atoms with van der Waals surface area (Å²) in [5, 5.41) is 9.08. The van der Waals surface area contributed by atoms with Crippen molar-refractivity contribution in [2.75, 3.05) is 13.1 Å². The molecule has 0 aliphatic carbocycles. The highest BCUT2D eigenvalue weighted by atomic mass is 16.2. The molecule has 0 saturated carbocycles. The molecule has 0 bridgehead atoms. The quantitative estimate of drug-likeness (QED) is 0.530. The van der Waals surface area contributed by atoms with Crippen LogP contribution in [-0.2, 0) is 24.9 Å². The topological polar surface area (TPSA) is 72.2 Å². The summed E-state index contributed by atoms with van der Waals surface area (Å²) in [5.74, 6) is -0.0620. The van der Waals surface area contributed by atoms with Gasteiger partial charge in [0.25, 0.3) is 5.56 Å². The minimum Gasteiger partial charge on any atom is -0.352 e. The summed E-state index contributed by atoms with van der Waals surface area (Å²) >= 11 is 0. The van der Waals surface area contributed by atoms with Crippen LogP contribution in [0.5, 0.6) is 0 Å². The number of aryl methyl sites for hydroxylation is 1. The molecule has 1 fully saturated rings. The Bertz CT molecular complexity index is 1320. The molecule has 5 rings (SSSR count). The van der Waals surface area contributed by atoms with Crippen LogP contribution in [-0.4, -0.2) is 44.3 Å². The van der Waals surface area contributed by atoms with E-state index in [4.69, 9.17) is 0 Å². The Morgan fingerprint density at radius 3 is 2.53 bits per heavy atom. The number of benzene rings is 2. The Morgan fingerprint density at radius 2 is 1.75 bits per heavy atom. The van der Waals surface area contributed by atoms with Gasteiger partial charge in [-0.2, -0.15) is 5.10 Å². The summed E-state index contributed by atoms with van der Waals surface area (Å²) in [7, 11) is 1.63. The molecule has 1 aliphatic rings. The molecule has 4 aromatic rings. The second-order valence-electron chi connectivity index (χ2n) is 8.54.